The van der Waals surface area contributed by atoms with Crippen LogP contribution < -0.4 is 5.32 Å². The number of benzene rings is 8. The van der Waals surface area contributed by atoms with E-state index in [4.69, 9.17) is 32.0 Å². The summed E-state index contributed by atoms with van der Waals surface area (Å²) < 4.78 is 15.5. The molecule has 2 aliphatic rings. The second-order valence-electron chi connectivity index (χ2n) is 24.4. The molecule has 1 N–H and O–H groups in total. The molecule has 7 heteroatoms. The Labute approximate surface area is 631 Å². The quantitative estimate of drug-likeness (QED) is 0.132. The summed E-state index contributed by atoms with van der Waals surface area (Å²) in [5.74, 6) is 4.27. The summed E-state index contributed by atoms with van der Waals surface area (Å²) >= 11 is 15.4. The standard InChI is InChI=1S/C16H19N.C16H16O.C16H16S.C12H14O.C12H14S.C10H12Cl2.6C2H6/c1-3-11(2)12-8-6-10-15-16(12)13-7-4-5-9-14(13)17-15;1-3-11(2)12-8-9-14-13-6-4-5-7-15(13)17-16(14)10-12;1-3-11(2)12-8-6-9-14-13-7-4-5-10-15(13)17-16(12)14;1-3-9(2)11-5-4-10-6-7-13-12(10)8-11;1-3-9(2)10-4-5-12-11(8-10)6-7-13-12;1-3-7(2)8-4-5-9(11)10(12)6-8;6*1-2/h4-11,13-14,17H,3H2,1-2H3;2*4-11H,3H2,1-2H3;2*4-9H,3H2,1-2H3;4-7H,3H2,1-2H3;6*1-2H3. The molecule has 1 aliphatic heterocycles. The van der Waals surface area contributed by atoms with Gasteiger partial charge in [0, 0.05) is 52.6 Å². The average molecular weight is 1440 g/mol. The third kappa shape index (κ3) is 24.4. The van der Waals surface area contributed by atoms with Gasteiger partial charge in [0.05, 0.1) is 22.4 Å². The second kappa shape index (κ2) is 48.2. The topological polar surface area (TPSA) is 38.3 Å². The summed E-state index contributed by atoms with van der Waals surface area (Å²) in [5, 5.41) is 14.9. The minimum absolute atomic E-state index is 0.459. The van der Waals surface area contributed by atoms with Crippen molar-refractivity contribution >= 4 is 115 Å². The monoisotopic (exact) mass is 1440 g/mol. The van der Waals surface area contributed by atoms with Gasteiger partial charge < -0.3 is 14.2 Å². The third-order valence-electron chi connectivity index (χ3n) is 18.7. The van der Waals surface area contributed by atoms with E-state index in [1.165, 1.54) is 117 Å². The van der Waals surface area contributed by atoms with E-state index in [0.29, 0.717) is 57.5 Å². The Hall–Kier alpha value is -6.86. The van der Waals surface area contributed by atoms with Crippen LogP contribution in [0.2, 0.25) is 10.0 Å². The van der Waals surface area contributed by atoms with Crippen LogP contribution in [0, 0.1) is 0 Å². The first-order valence-electron chi connectivity index (χ1n) is 38.6. The van der Waals surface area contributed by atoms with E-state index in [1.54, 1.807) is 6.26 Å². The van der Waals surface area contributed by atoms with Crippen LogP contribution in [-0.2, 0) is 0 Å². The predicted molar refractivity (Wildman–Crippen MR) is 463 cm³/mol. The molecule has 8 atom stereocenters. The molecule has 0 saturated carbocycles. The van der Waals surface area contributed by atoms with Crippen molar-refractivity contribution in [3.63, 3.8) is 0 Å². The zero-order valence-corrected chi connectivity index (χ0v) is 69.5. The summed E-state index contributed by atoms with van der Waals surface area (Å²) in [6.07, 6.45) is 17.7. The lowest BCUT2D eigenvalue weighted by atomic mass is 9.84. The zero-order chi connectivity index (χ0) is 75.1. The Morgan fingerprint density at radius 2 is 0.891 bits per heavy atom. The molecular formula is C94H127Cl2NO2S2. The van der Waals surface area contributed by atoms with Crippen molar-refractivity contribution in [2.45, 2.75) is 252 Å². The fourth-order valence-corrected chi connectivity index (χ4v) is 14.1. The molecule has 1 aliphatic carbocycles. The first-order valence-corrected chi connectivity index (χ1v) is 41.1. The molecule has 4 aromatic heterocycles. The molecule has 5 heterocycles. The number of nitrogens with one attached hydrogen (secondary N) is 1. The molecule has 546 valence electrons. The second-order valence-corrected chi connectivity index (χ2v) is 27.2. The highest BCUT2D eigenvalue weighted by atomic mass is 35.5. The van der Waals surface area contributed by atoms with Crippen LogP contribution in [0.15, 0.2) is 215 Å². The van der Waals surface area contributed by atoms with Crippen LogP contribution in [0.3, 0.4) is 0 Å². The molecule has 0 fully saturated rings. The van der Waals surface area contributed by atoms with Gasteiger partial charge in [-0.05, 0) is 184 Å². The molecule has 8 unspecified atom stereocenters. The van der Waals surface area contributed by atoms with Crippen molar-refractivity contribution in [2.24, 2.45) is 0 Å². The molecule has 14 rings (SSSR count). The van der Waals surface area contributed by atoms with Crippen LogP contribution in [-0.4, -0.2) is 6.04 Å². The fourth-order valence-electron chi connectivity index (χ4n) is 11.7. The number of furan rings is 2. The van der Waals surface area contributed by atoms with Gasteiger partial charge in [0.2, 0.25) is 0 Å². The Bertz CT molecular complexity index is 4210. The molecule has 101 heavy (non-hydrogen) atoms. The van der Waals surface area contributed by atoms with Crippen molar-refractivity contribution in [3.05, 3.63) is 255 Å². The molecule has 3 nitrogen and oxygen atoms in total. The highest BCUT2D eigenvalue weighted by molar-refractivity contribution is 7.26. The lowest BCUT2D eigenvalue weighted by Gasteiger charge is -2.19. The third-order valence-corrected chi connectivity index (χ3v) is 21.6. The maximum Gasteiger partial charge on any atom is 0.135 e. The van der Waals surface area contributed by atoms with E-state index < -0.39 is 0 Å². The van der Waals surface area contributed by atoms with Gasteiger partial charge in [-0.3, -0.25) is 0 Å². The number of thiophene rings is 2. The molecule has 0 amide bonds. The maximum atomic E-state index is 5.89. The summed E-state index contributed by atoms with van der Waals surface area (Å²) in [6.45, 7) is 50.9. The van der Waals surface area contributed by atoms with Crippen LogP contribution >= 0.6 is 45.9 Å². The molecule has 0 saturated heterocycles. The van der Waals surface area contributed by atoms with E-state index in [9.17, 15) is 0 Å². The molecule has 12 aromatic rings. The normalized spacial score (nSPS) is 14.2. The van der Waals surface area contributed by atoms with E-state index in [-0.39, 0.29) is 0 Å². The number of hydrogen-bond donors (Lipinski definition) is 1. The average Bonchev–Trinajstić information content (AvgIpc) is 1.64. The van der Waals surface area contributed by atoms with Gasteiger partial charge in [-0.15, -0.1) is 22.7 Å². The van der Waals surface area contributed by atoms with Gasteiger partial charge in [-0.1, -0.05) is 323 Å². The van der Waals surface area contributed by atoms with E-state index in [0.717, 1.165) is 29.6 Å². The highest BCUT2D eigenvalue weighted by Crippen LogP contribution is 2.44. The minimum atomic E-state index is 0.459. The lowest BCUT2D eigenvalue weighted by Crippen LogP contribution is -2.18. The maximum absolute atomic E-state index is 5.89. The van der Waals surface area contributed by atoms with Crippen molar-refractivity contribution in [1.29, 1.82) is 0 Å². The Balaban J connectivity index is 0.000000307. The summed E-state index contributed by atoms with van der Waals surface area (Å²) in [7, 11) is 0. The molecule has 0 bridgehead atoms. The molecule has 0 radical (unpaired) electrons. The van der Waals surface area contributed by atoms with Crippen molar-refractivity contribution < 1.29 is 8.83 Å². The molecular weight excluding hydrogens is 1310 g/mol. The first-order chi connectivity index (χ1) is 49.2. The van der Waals surface area contributed by atoms with Gasteiger partial charge in [-0.25, -0.2) is 0 Å². The predicted octanol–water partition coefficient (Wildman–Crippen LogP) is 33.9. The molecule has 8 aromatic carbocycles. The number of hydrogen-bond acceptors (Lipinski definition) is 5. The van der Waals surface area contributed by atoms with Crippen molar-refractivity contribution in [2.75, 3.05) is 5.32 Å². The van der Waals surface area contributed by atoms with E-state index >= 15 is 0 Å². The smallest absolute Gasteiger partial charge is 0.135 e. The SMILES string of the molecule is CC.CC.CC.CC.CC.CC.CCC(C)c1ccc(Cl)c(Cl)c1.CCC(C)c1ccc2c(c1)oc1ccccc12.CCC(C)c1ccc2ccoc2c1.CCC(C)c1ccc2sccc2c1.CCC(C)c1cccc2c1C1C=CC=CC1N2.CCC(C)c1cccc2c1sc1ccccc12. The van der Waals surface area contributed by atoms with Gasteiger partial charge in [-0.2, -0.15) is 0 Å². The van der Waals surface area contributed by atoms with Crippen molar-refractivity contribution in [3.8, 4) is 0 Å². The van der Waals surface area contributed by atoms with E-state index in [1.807, 2.05) is 142 Å². The highest BCUT2D eigenvalue weighted by Gasteiger charge is 2.32. The summed E-state index contributed by atoms with van der Waals surface area (Å²) in [4.78, 5) is 0. The number of para-hydroxylation sites is 1. The van der Waals surface area contributed by atoms with Crippen LogP contribution in [0.1, 0.15) is 285 Å². The van der Waals surface area contributed by atoms with Gasteiger partial charge in [0.25, 0.3) is 0 Å². The van der Waals surface area contributed by atoms with Crippen LogP contribution in [0.25, 0.3) is 63.2 Å². The Morgan fingerprint density at radius 3 is 1.51 bits per heavy atom. The van der Waals surface area contributed by atoms with Crippen LogP contribution in [0.4, 0.5) is 5.69 Å². The summed E-state index contributed by atoms with van der Waals surface area (Å²) in [6, 6.07) is 60.7. The lowest BCUT2D eigenvalue weighted by molar-refractivity contribution is 0.614. The van der Waals surface area contributed by atoms with Gasteiger partial charge >= 0.3 is 0 Å². The molecule has 0 spiro atoms. The summed E-state index contributed by atoms with van der Waals surface area (Å²) in [5.41, 5.74) is 14.3. The zero-order valence-electron chi connectivity index (χ0n) is 66.4. The van der Waals surface area contributed by atoms with E-state index in [2.05, 4.69) is 252 Å². The first kappa shape index (κ1) is 88.4. The Morgan fingerprint density at radius 1 is 0.396 bits per heavy atom. The number of fused-ring (bicyclic) bond motifs is 11. The largest absolute Gasteiger partial charge is 0.464 e. The number of halogens is 2. The van der Waals surface area contributed by atoms with Gasteiger partial charge in [0.15, 0.2) is 0 Å². The Kier molecular flexibility index (Phi) is 42.1. The van der Waals surface area contributed by atoms with Gasteiger partial charge in [0.1, 0.15) is 16.7 Å². The number of allylic oxidation sites excluding steroid dienone is 2. The minimum Gasteiger partial charge on any atom is -0.464 e. The fraction of sp³-hybridized carbons (Fsp3) is 0.404. The van der Waals surface area contributed by atoms with Crippen molar-refractivity contribution in [1.82, 2.24) is 0 Å². The number of anilines is 1. The number of rotatable bonds is 12. The van der Waals surface area contributed by atoms with Crippen LogP contribution in [0.5, 0.6) is 0 Å².